The van der Waals surface area contributed by atoms with Crippen LogP contribution in [0.1, 0.15) is 35.3 Å². The molecule has 2 aromatic heterocycles. The van der Waals surface area contributed by atoms with Crippen LogP contribution in [-0.2, 0) is 12.8 Å². The van der Waals surface area contributed by atoms with Gasteiger partial charge in [-0.15, -0.1) is 11.3 Å². The molecule has 2 aromatic rings. The van der Waals surface area contributed by atoms with Crippen LogP contribution in [0.15, 0.2) is 0 Å². The van der Waals surface area contributed by atoms with Crippen molar-refractivity contribution in [2.45, 2.75) is 40.5 Å². The largest absolute Gasteiger partial charge is 0.360 e. The number of nitrogens with zero attached hydrogens (tertiary/aromatic N) is 3. The Morgan fingerprint density at radius 3 is 2.63 bits per heavy atom. The Kier molecular flexibility index (Phi) is 4.87. The Morgan fingerprint density at radius 1 is 1.21 bits per heavy atom. The van der Waals surface area contributed by atoms with Gasteiger partial charge < -0.3 is 5.32 Å². The Balaban J connectivity index is 1.80. The van der Waals surface area contributed by atoms with Crippen LogP contribution in [0.4, 0.5) is 5.13 Å². The highest BCUT2D eigenvalue weighted by molar-refractivity contribution is 7.11. The zero-order chi connectivity index (χ0) is 13.8. The van der Waals surface area contributed by atoms with E-state index in [9.17, 15) is 0 Å². The highest BCUT2D eigenvalue weighted by Crippen LogP contribution is 2.18. The fourth-order valence-electron chi connectivity index (χ4n) is 1.70. The monoisotopic (exact) mass is 296 g/mol. The Morgan fingerprint density at radius 2 is 2.00 bits per heavy atom. The van der Waals surface area contributed by atoms with Gasteiger partial charge in [-0.1, -0.05) is 13.8 Å². The number of thiazole rings is 1. The van der Waals surface area contributed by atoms with E-state index >= 15 is 0 Å². The first kappa shape index (κ1) is 14.4. The van der Waals surface area contributed by atoms with Gasteiger partial charge in [0.15, 0.2) is 0 Å². The lowest BCUT2D eigenvalue weighted by Crippen LogP contribution is -2.04. The van der Waals surface area contributed by atoms with E-state index in [4.69, 9.17) is 0 Å². The van der Waals surface area contributed by atoms with Crippen LogP contribution < -0.4 is 5.32 Å². The van der Waals surface area contributed by atoms with Gasteiger partial charge in [0, 0.05) is 35.8 Å². The van der Waals surface area contributed by atoms with E-state index in [0.29, 0.717) is 5.92 Å². The summed E-state index contributed by atoms with van der Waals surface area (Å²) in [6.45, 7) is 9.41. The Hall–Kier alpha value is -1.01. The van der Waals surface area contributed by atoms with Gasteiger partial charge in [0.2, 0.25) is 5.13 Å². The zero-order valence-corrected chi connectivity index (χ0v) is 13.5. The molecule has 6 heteroatoms. The van der Waals surface area contributed by atoms with Crippen molar-refractivity contribution in [2.24, 2.45) is 5.92 Å². The minimum atomic E-state index is 0.601. The first-order valence-electron chi connectivity index (χ1n) is 6.54. The molecule has 0 fully saturated rings. The first-order chi connectivity index (χ1) is 9.04. The third kappa shape index (κ3) is 4.24. The summed E-state index contributed by atoms with van der Waals surface area (Å²) in [7, 11) is 0. The second-order valence-corrected chi connectivity index (χ2v) is 7.08. The lowest BCUT2D eigenvalue weighted by Gasteiger charge is -1.99. The van der Waals surface area contributed by atoms with Gasteiger partial charge in [-0.05, 0) is 19.8 Å². The Bertz CT molecular complexity index is 511. The first-order valence-corrected chi connectivity index (χ1v) is 8.13. The molecule has 2 rings (SSSR count). The van der Waals surface area contributed by atoms with Crippen LogP contribution in [0.25, 0.3) is 0 Å². The highest BCUT2D eigenvalue weighted by atomic mass is 32.1. The molecule has 0 radical (unpaired) electrons. The van der Waals surface area contributed by atoms with E-state index in [1.807, 2.05) is 0 Å². The lowest BCUT2D eigenvalue weighted by atomic mass is 10.1. The quantitative estimate of drug-likeness (QED) is 0.887. The van der Waals surface area contributed by atoms with Crippen molar-refractivity contribution in [1.82, 2.24) is 14.3 Å². The fourth-order valence-corrected chi connectivity index (χ4v) is 3.25. The standard InChI is InChI=1S/C13H20N4S2/c1-8(2)7-11-16-13(19-17-11)14-6-5-12-15-9(3)10(4)18-12/h8H,5-7H2,1-4H3,(H,14,16,17). The van der Waals surface area contributed by atoms with E-state index in [2.05, 4.69) is 47.4 Å². The second-order valence-electron chi connectivity index (χ2n) is 5.04. The molecule has 0 aliphatic carbocycles. The summed E-state index contributed by atoms with van der Waals surface area (Å²) >= 11 is 3.23. The number of hydrogen-bond acceptors (Lipinski definition) is 6. The lowest BCUT2D eigenvalue weighted by molar-refractivity contribution is 0.627. The number of anilines is 1. The number of rotatable bonds is 6. The molecule has 0 atom stereocenters. The van der Waals surface area contributed by atoms with Crippen molar-refractivity contribution >= 4 is 28.0 Å². The molecule has 4 nitrogen and oxygen atoms in total. The molecule has 0 saturated carbocycles. The van der Waals surface area contributed by atoms with Crippen molar-refractivity contribution in [3.8, 4) is 0 Å². The molecule has 0 amide bonds. The van der Waals surface area contributed by atoms with Gasteiger partial charge in [-0.25, -0.2) is 9.97 Å². The van der Waals surface area contributed by atoms with E-state index < -0.39 is 0 Å². The van der Waals surface area contributed by atoms with Crippen molar-refractivity contribution in [3.63, 3.8) is 0 Å². The summed E-state index contributed by atoms with van der Waals surface area (Å²) in [5.74, 6) is 1.55. The third-order valence-corrected chi connectivity index (χ3v) is 4.59. The molecule has 104 valence electrons. The summed E-state index contributed by atoms with van der Waals surface area (Å²) in [4.78, 5) is 10.3. The maximum atomic E-state index is 4.53. The van der Waals surface area contributed by atoms with Gasteiger partial charge in [0.25, 0.3) is 0 Å². The van der Waals surface area contributed by atoms with E-state index in [-0.39, 0.29) is 0 Å². The van der Waals surface area contributed by atoms with Crippen molar-refractivity contribution in [3.05, 3.63) is 21.4 Å². The average molecular weight is 296 g/mol. The minimum absolute atomic E-state index is 0.601. The topological polar surface area (TPSA) is 50.7 Å². The average Bonchev–Trinajstić information content (AvgIpc) is 2.87. The second kappa shape index (κ2) is 6.43. The molecule has 19 heavy (non-hydrogen) atoms. The molecule has 1 N–H and O–H groups in total. The maximum Gasteiger partial charge on any atom is 0.202 e. The van der Waals surface area contributed by atoms with Crippen LogP contribution in [0.3, 0.4) is 0 Å². The molecule has 0 bridgehead atoms. The van der Waals surface area contributed by atoms with Crippen LogP contribution >= 0.6 is 22.9 Å². The summed E-state index contributed by atoms with van der Waals surface area (Å²) in [6, 6.07) is 0. The summed E-state index contributed by atoms with van der Waals surface area (Å²) in [6.07, 6.45) is 1.89. The maximum absolute atomic E-state index is 4.53. The molecule has 0 aliphatic rings. The van der Waals surface area contributed by atoms with Crippen molar-refractivity contribution in [2.75, 3.05) is 11.9 Å². The van der Waals surface area contributed by atoms with E-state index in [1.165, 1.54) is 21.4 Å². The van der Waals surface area contributed by atoms with Gasteiger partial charge in [0.05, 0.1) is 10.7 Å². The van der Waals surface area contributed by atoms with Gasteiger partial charge in [0.1, 0.15) is 5.82 Å². The van der Waals surface area contributed by atoms with E-state index in [1.54, 1.807) is 11.3 Å². The Labute approximate surface area is 122 Å². The SMILES string of the molecule is Cc1nc(CCNc2nc(CC(C)C)ns2)sc1C. The molecule has 0 aromatic carbocycles. The van der Waals surface area contributed by atoms with Crippen LogP contribution in [-0.4, -0.2) is 20.9 Å². The van der Waals surface area contributed by atoms with Crippen LogP contribution in [0.5, 0.6) is 0 Å². The number of aromatic nitrogens is 3. The zero-order valence-electron chi connectivity index (χ0n) is 11.9. The van der Waals surface area contributed by atoms with E-state index in [0.717, 1.165) is 36.0 Å². The minimum Gasteiger partial charge on any atom is -0.360 e. The molecule has 0 saturated heterocycles. The molecule has 0 aliphatic heterocycles. The van der Waals surface area contributed by atoms with Crippen LogP contribution in [0.2, 0.25) is 0 Å². The van der Waals surface area contributed by atoms with Gasteiger partial charge in [-0.2, -0.15) is 4.37 Å². The van der Waals surface area contributed by atoms with Gasteiger partial charge >= 0.3 is 0 Å². The van der Waals surface area contributed by atoms with Crippen molar-refractivity contribution < 1.29 is 0 Å². The fraction of sp³-hybridized carbons (Fsp3) is 0.615. The number of nitrogens with one attached hydrogen (secondary N) is 1. The summed E-state index contributed by atoms with van der Waals surface area (Å²) < 4.78 is 4.36. The highest BCUT2D eigenvalue weighted by Gasteiger charge is 2.07. The third-order valence-electron chi connectivity index (χ3n) is 2.75. The molecular weight excluding hydrogens is 276 g/mol. The smallest absolute Gasteiger partial charge is 0.202 e. The number of aryl methyl sites for hydroxylation is 2. The number of hydrogen-bond donors (Lipinski definition) is 1. The summed E-state index contributed by atoms with van der Waals surface area (Å²) in [5.41, 5.74) is 1.15. The molecule has 0 spiro atoms. The predicted octanol–water partition coefficient (Wildman–Crippen LogP) is 3.46. The predicted molar refractivity (Wildman–Crippen MR) is 82.2 cm³/mol. The summed E-state index contributed by atoms with van der Waals surface area (Å²) in [5, 5.41) is 5.43. The normalized spacial score (nSPS) is 11.2. The van der Waals surface area contributed by atoms with Crippen molar-refractivity contribution in [1.29, 1.82) is 0 Å². The van der Waals surface area contributed by atoms with Gasteiger partial charge in [-0.3, -0.25) is 0 Å². The van der Waals surface area contributed by atoms with Crippen LogP contribution in [0, 0.1) is 19.8 Å². The molecular formula is C13H20N4S2. The molecule has 0 unspecified atom stereocenters. The molecule has 2 heterocycles.